The molecule has 112 valence electrons. The van der Waals surface area contributed by atoms with Gasteiger partial charge in [0.2, 0.25) is 0 Å². The first-order chi connectivity index (χ1) is 9.54. The largest absolute Gasteiger partial charge is 0.480 e. The molecule has 7 heteroatoms. The smallest absolute Gasteiger partial charge is 0.326 e. The number of esters is 1. The van der Waals surface area contributed by atoms with Gasteiger partial charge in [0.15, 0.2) is 0 Å². The number of carbonyl (C=O) groups is 3. The average molecular weight is 284 g/mol. The highest BCUT2D eigenvalue weighted by Gasteiger charge is 2.41. The lowest BCUT2D eigenvalue weighted by Crippen LogP contribution is -2.50. The summed E-state index contributed by atoms with van der Waals surface area (Å²) in [6, 6.07) is -1.08. The summed E-state index contributed by atoms with van der Waals surface area (Å²) in [6.07, 6.45) is 2.87. The minimum Gasteiger partial charge on any atom is -0.480 e. The summed E-state index contributed by atoms with van der Waals surface area (Å²) in [5.74, 6) is -1.43. The third-order valence-electron chi connectivity index (χ3n) is 3.62. The number of carboxylic acid groups (broad SMARTS) is 1. The Hall–Kier alpha value is -1.79. The van der Waals surface area contributed by atoms with Crippen LogP contribution >= 0.6 is 0 Å². The van der Waals surface area contributed by atoms with E-state index >= 15 is 0 Å². The molecule has 2 amide bonds. The van der Waals surface area contributed by atoms with Crippen molar-refractivity contribution in [1.82, 2.24) is 9.80 Å². The summed E-state index contributed by atoms with van der Waals surface area (Å²) >= 11 is 0. The number of hydrogen-bond donors (Lipinski definition) is 1. The molecule has 1 atom stereocenters. The number of aliphatic carboxylic acids is 1. The number of rotatable bonds is 5. The van der Waals surface area contributed by atoms with Crippen molar-refractivity contribution in [2.24, 2.45) is 0 Å². The van der Waals surface area contributed by atoms with E-state index in [1.165, 1.54) is 9.80 Å². The fourth-order valence-corrected chi connectivity index (χ4v) is 2.50. The van der Waals surface area contributed by atoms with Crippen LogP contribution in [0.5, 0.6) is 0 Å². The maximum absolute atomic E-state index is 12.5. The second-order valence-corrected chi connectivity index (χ2v) is 5.14. The number of carbonyl (C=O) groups excluding carboxylic acids is 2. The maximum Gasteiger partial charge on any atom is 0.326 e. The van der Waals surface area contributed by atoms with Crippen molar-refractivity contribution in [2.75, 3.05) is 19.7 Å². The first-order valence-corrected chi connectivity index (χ1v) is 7.00. The van der Waals surface area contributed by atoms with Gasteiger partial charge in [-0.25, -0.2) is 9.59 Å². The molecule has 2 aliphatic rings. The van der Waals surface area contributed by atoms with Gasteiger partial charge in [0.1, 0.15) is 12.6 Å². The fraction of sp³-hybridized carbons (Fsp3) is 0.769. The Morgan fingerprint density at radius 1 is 1.30 bits per heavy atom. The normalized spacial score (nSPS) is 21.6. The van der Waals surface area contributed by atoms with E-state index in [0.29, 0.717) is 19.4 Å². The summed E-state index contributed by atoms with van der Waals surface area (Å²) in [7, 11) is 0. The first-order valence-electron chi connectivity index (χ1n) is 7.00. The average Bonchev–Trinajstić information content (AvgIpc) is 3.11. The first kappa shape index (κ1) is 14.6. The molecule has 0 spiro atoms. The number of carboxylic acids is 1. The second-order valence-electron chi connectivity index (χ2n) is 5.14. The Labute approximate surface area is 117 Å². The minimum atomic E-state index is -0.984. The van der Waals surface area contributed by atoms with E-state index in [1.54, 1.807) is 6.92 Å². The zero-order valence-electron chi connectivity index (χ0n) is 11.6. The van der Waals surface area contributed by atoms with E-state index in [4.69, 9.17) is 9.84 Å². The summed E-state index contributed by atoms with van der Waals surface area (Å²) in [5.41, 5.74) is 0. The predicted molar refractivity (Wildman–Crippen MR) is 69.1 cm³/mol. The monoisotopic (exact) mass is 284 g/mol. The van der Waals surface area contributed by atoms with Crippen LogP contribution in [0.1, 0.15) is 32.6 Å². The minimum absolute atomic E-state index is 0.0435. The third kappa shape index (κ3) is 3.20. The summed E-state index contributed by atoms with van der Waals surface area (Å²) in [6.45, 7) is 2.32. The van der Waals surface area contributed by atoms with Crippen LogP contribution in [0.15, 0.2) is 0 Å². The molecule has 1 saturated carbocycles. The molecule has 1 unspecified atom stereocenters. The van der Waals surface area contributed by atoms with Crippen LogP contribution in [0.25, 0.3) is 0 Å². The highest BCUT2D eigenvalue weighted by atomic mass is 16.5. The van der Waals surface area contributed by atoms with Gasteiger partial charge in [-0.15, -0.1) is 0 Å². The van der Waals surface area contributed by atoms with Gasteiger partial charge in [-0.3, -0.25) is 4.79 Å². The van der Waals surface area contributed by atoms with Gasteiger partial charge in [-0.2, -0.15) is 0 Å². The molecule has 2 fully saturated rings. The highest BCUT2D eigenvalue weighted by molar-refractivity contribution is 5.86. The zero-order valence-corrected chi connectivity index (χ0v) is 11.6. The summed E-state index contributed by atoms with van der Waals surface area (Å²) < 4.78 is 4.87. The Morgan fingerprint density at radius 3 is 2.55 bits per heavy atom. The van der Waals surface area contributed by atoms with Crippen molar-refractivity contribution in [2.45, 2.75) is 44.7 Å². The molecule has 1 saturated heterocycles. The van der Waals surface area contributed by atoms with E-state index in [9.17, 15) is 14.4 Å². The lowest BCUT2D eigenvalue weighted by atomic mass is 10.2. The van der Waals surface area contributed by atoms with Gasteiger partial charge >= 0.3 is 18.0 Å². The van der Waals surface area contributed by atoms with E-state index in [1.807, 2.05) is 0 Å². The van der Waals surface area contributed by atoms with Crippen LogP contribution in [-0.2, 0) is 14.3 Å². The van der Waals surface area contributed by atoms with Crippen molar-refractivity contribution in [3.05, 3.63) is 0 Å². The topological polar surface area (TPSA) is 87.2 Å². The molecule has 0 aromatic heterocycles. The molecule has 0 bridgehead atoms. The van der Waals surface area contributed by atoms with Crippen LogP contribution < -0.4 is 0 Å². The van der Waals surface area contributed by atoms with Gasteiger partial charge in [-0.1, -0.05) is 0 Å². The molecule has 1 aliphatic carbocycles. The fourth-order valence-electron chi connectivity index (χ4n) is 2.50. The van der Waals surface area contributed by atoms with Crippen LogP contribution in [0.3, 0.4) is 0 Å². The van der Waals surface area contributed by atoms with Gasteiger partial charge in [0, 0.05) is 12.6 Å². The molecular formula is C13H20N2O5. The Kier molecular flexibility index (Phi) is 4.46. The number of ether oxygens (including phenoxy) is 1. The molecule has 2 rings (SSSR count). The summed E-state index contributed by atoms with van der Waals surface area (Å²) in [4.78, 5) is 38.0. The van der Waals surface area contributed by atoms with Crippen molar-refractivity contribution in [3.8, 4) is 0 Å². The van der Waals surface area contributed by atoms with Gasteiger partial charge < -0.3 is 19.6 Å². The van der Waals surface area contributed by atoms with E-state index in [2.05, 4.69) is 0 Å². The lowest BCUT2D eigenvalue weighted by molar-refractivity contribution is -0.144. The quantitative estimate of drug-likeness (QED) is 0.750. The molecule has 0 aromatic carbocycles. The molecule has 1 N–H and O–H groups in total. The molecular weight excluding hydrogens is 264 g/mol. The molecule has 1 heterocycles. The van der Waals surface area contributed by atoms with Crippen LogP contribution in [0.4, 0.5) is 4.79 Å². The molecule has 20 heavy (non-hydrogen) atoms. The maximum atomic E-state index is 12.5. The zero-order chi connectivity index (χ0) is 14.7. The second kappa shape index (κ2) is 6.11. The summed E-state index contributed by atoms with van der Waals surface area (Å²) in [5, 5.41) is 9.13. The standard InChI is InChI=1S/C13H20N2O5/c1-2-20-11(16)8-15(9-5-6-9)13(19)14-7-3-4-10(14)12(17)18/h9-10H,2-8H2,1H3,(H,17,18). The molecule has 0 aromatic rings. The van der Waals surface area contributed by atoms with E-state index < -0.39 is 18.0 Å². The Bertz CT molecular complexity index is 408. The van der Waals surface area contributed by atoms with Crippen molar-refractivity contribution < 1.29 is 24.2 Å². The van der Waals surface area contributed by atoms with Gasteiger partial charge in [0.25, 0.3) is 0 Å². The number of hydrogen-bond acceptors (Lipinski definition) is 4. The molecule has 7 nitrogen and oxygen atoms in total. The molecule has 1 aliphatic heterocycles. The van der Waals surface area contributed by atoms with E-state index in [0.717, 1.165) is 12.8 Å². The number of amides is 2. The van der Waals surface area contributed by atoms with Crippen LogP contribution in [0.2, 0.25) is 0 Å². The van der Waals surface area contributed by atoms with Crippen molar-refractivity contribution >= 4 is 18.0 Å². The highest BCUT2D eigenvalue weighted by Crippen LogP contribution is 2.29. The lowest BCUT2D eigenvalue weighted by Gasteiger charge is -2.29. The Balaban J connectivity index is 2.03. The number of nitrogens with zero attached hydrogens (tertiary/aromatic N) is 2. The predicted octanol–water partition coefficient (Wildman–Crippen LogP) is 0.683. The molecule has 0 radical (unpaired) electrons. The van der Waals surface area contributed by atoms with Gasteiger partial charge in [0.05, 0.1) is 6.61 Å². The van der Waals surface area contributed by atoms with Crippen LogP contribution in [-0.4, -0.2) is 64.7 Å². The SMILES string of the molecule is CCOC(=O)CN(C(=O)N1CCCC1C(=O)O)C1CC1. The van der Waals surface area contributed by atoms with Crippen molar-refractivity contribution in [1.29, 1.82) is 0 Å². The van der Waals surface area contributed by atoms with E-state index in [-0.39, 0.29) is 25.2 Å². The number of urea groups is 1. The van der Waals surface area contributed by atoms with Crippen LogP contribution in [0, 0.1) is 0 Å². The number of likely N-dealkylation sites (tertiary alicyclic amines) is 1. The van der Waals surface area contributed by atoms with Gasteiger partial charge in [-0.05, 0) is 32.6 Å². The third-order valence-corrected chi connectivity index (χ3v) is 3.62. The Morgan fingerprint density at radius 2 is 2.00 bits per heavy atom. The van der Waals surface area contributed by atoms with Crippen molar-refractivity contribution in [3.63, 3.8) is 0 Å².